The summed E-state index contributed by atoms with van der Waals surface area (Å²) in [7, 11) is 0. The smallest absolute Gasteiger partial charge is 0.284 e. The second-order valence-corrected chi connectivity index (χ2v) is 7.84. The van der Waals surface area contributed by atoms with Gasteiger partial charge in [-0.05, 0) is 31.4 Å². The van der Waals surface area contributed by atoms with Gasteiger partial charge in [0.15, 0.2) is 11.0 Å². The molecule has 0 saturated heterocycles. The minimum atomic E-state index is -0.0948. The molecule has 0 spiro atoms. The van der Waals surface area contributed by atoms with Gasteiger partial charge in [-0.1, -0.05) is 54.6 Å². The van der Waals surface area contributed by atoms with Crippen LogP contribution in [0.15, 0.2) is 51.9 Å². The molecule has 3 heterocycles. The first-order valence-electron chi connectivity index (χ1n) is 8.69. The third-order valence-electron chi connectivity index (χ3n) is 4.53. The summed E-state index contributed by atoms with van der Waals surface area (Å²) in [5, 5.41) is 5.96. The molecule has 0 radical (unpaired) electrons. The summed E-state index contributed by atoms with van der Waals surface area (Å²) in [5.41, 5.74) is 2.35. The van der Waals surface area contributed by atoms with E-state index in [0.29, 0.717) is 22.2 Å². The fourth-order valence-electron chi connectivity index (χ4n) is 3.35. The van der Waals surface area contributed by atoms with Gasteiger partial charge in [-0.15, -0.1) is 5.10 Å². The van der Waals surface area contributed by atoms with E-state index in [1.165, 1.54) is 4.68 Å². The van der Waals surface area contributed by atoms with Crippen LogP contribution in [-0.4, -0.2) is 25.1 Å². The van der Waals surface area contributed by atoms with E-state index in [0.717, 1.165) is 48.8 Å². The van der Waals surface area contributed by atoms with Gasteiger partial charge >= 0.3 is 0 Å². The van der Waals surface area contributed by atoms with Crippen LogP contribution in [0.4, 0.5) is 0 Å². The molecule has 0 unspecified atom stereocenters. The van der Waals surface area contributed by atoms with Crippen LogP contribution in [0.5, 0.6) is 0 Å². The van der Waals surface area contributed by atoms with E-state index in [2.05, 4.69) is 16.2 Å². The lowest BCUT2D eigenvalue weighted by Crippen LogP contribution is -2.19. The van der Waals surface area contributed by atoms with Crippen molar-refractivity contribution in [3.05, 3.63) is 58.0 Å². The monoisotopic (exact) mass is 386 g/mol. The van der Waals surface area contributed by atoms with Crippen LogP contribution in [0, 0.1) is 0 Å². The highest BCUT2D eigenvalue weighted by Crippen LogP contribution is 2.31. The third kappa shape index (κ3) is 3.19. The van der Waals surface area contributed by atoms with Gasteiger partial charge in [0.25, 0.3) is 5.56 Å². The summed E-state index contributed by atoms with van der Waals surface area (Å²) in [6, 6.07) is 9.48. The van der Waals surface area contributed by atoms with Crippen LogP contribution in [0.1, 0.15) is 25.0 Å². The second-order valence-electron chi connectivity index (χ2n) is 6.36. The maximum absolute atomic E-state index is 13.1. The molecule has 5 nitrogen and oxygen atoms in total. The molecule has 1 aromatic carbocycles. The number of hydrogen-bond donors (Lipinski definition) is 0. The maximum Gasteiger partial charge on any atom is 0.284 e. The van der Waals surface area contributed by atoms with Gasteiger partial charge in [0.1, 0.15) is 5.56 Å². The van der Waals surface area contributed by atoms with E-state index < -0.39 is 0 Å². The summed E-state index contributed by atoms with van der Waals surface area (Å²) >= 11 is 7.50. The van der Waals surface area contributed by atoms with E-state index in [4.69, 9.17) is 16.6 Å². The van der Waals surface area contributed by atoms with E-state index in [9.17, 15) is 4.79 Å². The molecule has 4 rings (SSSR count). The lowest BCUT2D eigenvalue weighted by molar-refractivity contribution is 0.571. The Balaban J connectivity index is 1.92. The highest BCUT2D eigenvalue weighted by atomic mass is 35.5. The molecule has 0 atom stereocenters. The van der Waals surface area contributed by atoms with Gasteiger partial charge in [-0.25, -0.2) is 4.98 Å². The molecule has 3 aliphatic heterocycles. The minimum absolute atomic E-state index is 0.0948. The number of thioether (sulfide) groups is 1. The molecular weight excluding hydrogens is 368 g/mol. The minimum Gasteiger partial charge on any atom is -0.324 e. The molecule has 0 fully saturated rings. The Morgan fingerprint density at radius 2 is 2.04 bits per heavy atom. The first-order valence-corrected chi connectivity index (χ1v) is 10.1. The molecule has 1 aromatic rings. The Morgan fingerprint density at radius 3 is 2.81 bits per heavy atom. The predicted molar refractivity (Wildman–Crippen MR) is 106 cm³/mol. The average molecular weight is 387 g/mol. The SMILES string of the molecule is C=C(Cl)CSc1nc2nn(-c3ccccc3)c(=O)c-2c2n1CCCCC2. The zero-order valence-electron chi connectivity index (χ0n) is 14.3. The van der Waals surface area contributed by atoms with Crippen molar-refractivity contribution in [3.63, 3.8) is 0 Å². The standard InChI is InChI=1S/C19H19ClN4OS/c1-13(20)12-26-19-21-17-16(15-10-6-3-7-11-23(15)19)18(25)24(22-17)14-8-4-2-5-9-14/h2,4-5,8-9H,1,3,6-7,10-12H2. The van der Waals surface area contributed by atoms with Crippen molar-refractivity contribution in [1.82, 2.24) is 19.3 Å². The number of benzene rings is 1. The predicted octanol–water partition coefficient (Wildman–Crippen LogP) is 4.10. The first kappa shape index (κ1) is 17.4. The molecule has 134 valence electrons. The summed E-state index contributed by atoms with van der Waals surface area (Å²) in [4.78, 5) is 17.8. The van der Waals surface area contributed by atoms with Crippen molar-refractivity contribution < 1.29 is 0 Å². The number of fused-ring (bicyclic) bond motifs is 3. The third-order valence-corrected chi connectivity index (χ3v) is 5.88. The Morgan fingerprint density at radius 1 is 1.23 bits per heavy atom. The van der Waals surface area contributed by atoms with Crippen molar-refractivity contribution in [2.24, 2.45) is 0 Å². The van der Waals surface area contributed by atoms with Crippen LogP contribution >= 0.6 is 23.4 Å². The van der Waals surface area contributed by atoms with Crippen molar-refractivity contribution >= 4 is 23.4 Å². The lowest BCUT2D eigenvalue weighted by Gasteiger charge is -2.17. The fraction of sp³-hybridized carbons (Fsp3) is 0.316. The quantitative estimate of drug-likeness (QED) is 0.500. The van der Waals surface area contributed by atoms with Gasteiger partial charge in [-0.3, -0.25) is 4.79 Å². The molecule has 0 saturated carbocycles. The van der Waals surface area contributed by atoms with Crippen molar-refractivity contribution in [1.29, 1.82) is 0 Å². The molecule has 3 aliphatic rings. The molecule has 0 N–H and O–H groups in total. The maximum atomic E-state index is 13.1. The highest BCUT2D eigenvalue weighted by Gasteiger charge is 2.26. The van der Waals surface area contributed by atoms with E-state index in [-0.39, 0.29) is 5.56 Å². The molecule has 0 bridgehead atoms. The van der Waals surface area contributed by atoms with Gasteiger partial charge in [-0.2, -0.15) is 4.68 Å². The Labute approximate surface area is 161 Å². The number of nitrogens with zero attached hydrogens (tertiary/aromatic N) is 4. The fourth-order valence-corrected chi connectivity index (χ4v) is 4.31. The average Bonchev–Trinajstić information content (AvgIpc) is 2.82. The van der Waals surface area contributed by atoms with Crippen LogP contribution in [0.3, 0.4) is 0 Å². The molecule has 0 amide bonds. The molecule has 26 heavy (non-hydrogen) atoms. The summed E-state index contributed by atoms with van der Waals surface area (Å²) in [6.45, 7) is 4.63. The zero-order chi connectivity index (χ0) is 18.1. The van der Waals surface area contributed by atoms with Gasteiger partial charge in [0, 0.05) is 23.0 Å². The topological polar surface area (TPSA) is 52.7 Å². The Bertz CT molecular complexity index is 979. The number of rotatable bonds is 4. The van der Waals surface area contributed by atoms with Crippen LogP contribution in [-0.2, 0) is 13.0 Å². The number of halogens is 1. The van der Waals surface area contributed by atoms with Crippen LogP contribution in [0.25, 0.3) is 17.1 Å². The molecule has 0 aliphatic carbocycles. The van der Waals surface area contributed by atoms with Gasteiger partial charge in [0.05, 0.1) is 5.69 Å². The summed E-state index contributed by atoms with van der Waals surface area (Å²) < 4.78 is 3.64. The second kappa shape index (κ2) is 7.29. The van der Waals surface area contributed by atoms with E-state index in [1.54, 1.807) is 11.8 Å². The summed E-state index contributed by atoms with van der Waals surface area (Å²) in [6.07, 6.45) is 4.17. The zero-order valence-corrected chi connectivity index (χ0v) is 15.9. The number of para-hydroxylation sites is 1. The van der Waals surface area contributed by atoms with Crippen LogP contribution in [0.2, 0.25) is 0 Å². The van der Waals surface area contributed by atoms with Crippen molar-refractivity contribution in [3.8, 4) is 17.1 Å². The Hall–Kier alpha value is -2.05. The molecule has 7 heteroatoms. The van der Waals surface area contributed by atoms with Gasteiger partial charge in [0.2, 0.25) is 0 Å². The van der Waals surface area contributed by atoms with E-state index >= 15 is 0 Å². The largest absolute Gasteiger partial charge is 0.324 e. The molecular formula is C19H19ClN4OS. The Kier molecular flexibility index (Phi) is 4.87. The van der Waals surface area contributed by atoms with Crippen LogP contribution < -0.4 is 5.56 Å². The van der Waals surface area contributed by atoms with E-state index in [1.807, 2.05) is 30.3 Å². The first-order chi connectivity index (χ1) is 12.6. The van der Waals surface area contributed by atoms with Crippen molar-refractivity contribution in [2.75, 3.05) is 5.75 Å². The molecule has 0 aromatic heterocycles. The normalized spacial score (nSPS) is 14.2. The number of aromatic nitrogens is 4. The number of hydrogen-bond acceptors (Lipinski definition) is 4. The highest BCUT2D eigenvalue weighted by molar-refractivity contribution is 7.99. The van der Waals surface area contributed by atoms with Crippen molar-refractivity contribution in [2.45, 2.75) is 37.4 Å². The van der Waals surface area contributed by atoms with Gasteiger partial charge < -0.3 is 4.57 Å². The summed E-state index contributed by atoms with van der Waals surface area (Å²) in [5.74, 6) is 1.10. The lowest BCUT2D eigenvalue weighted by atomic mass is 10.1.